The molecule has 0 bridgehead atoms. The van der Waals surface area contributed by atoms with E-state index in [1.807, 2.05) is 0 Å². The predicted octanol–water partition coefficient (Wildman–Crippen LogP) is 5.26. The second kappa shape index (κ2) is 8.34. The third kappa shape index (κ3) is 6.99. The molecule has 29 heavy (non-hydrogen) atoms. The van der Waals surface area contributed by atoms with Gasteiger partial charge in [0.05, 0.1) is 18.4 Å². The lowest BCUT2D eigenvalue weighted by molar-refractivity contribution is 0.0174. The molecule has 9 heteroatoms. The Morgan fingerprint density at radius 2 is 1.31 bits per heavy atom. The van der Waals surface area contributed by atoms with Gasteiger partial charge in [0.15, 0.2) is 0 Å². The fourth-order valence-electron chi connectivity index (χ4n) is 2.16. The molecule has 0 aliphatic carbocycles. The minimum absolute atomic E-state index is 0.298. The van der Waals surface area contributed by atoms with Gasteiger partial charge in [0.2, 0.25) is 0 Å². The maximum absolute atomic E-state index is 13.7. The zero-order chi connectivity index (χ0) is 22.8. The monoisotopic (exact) mass is 415 g/mol. The van der Waals surface area contributed by atoms with E-state index >= 15 is 0 Å². The topological polar surface area (TPSA) is 82.1 Å². The van der Waals surface area contributed by atoms with Crippen molar-refractivity contribution in [1.29, 1.82) is 0 Å². The Labute approximate surface area is 168 Å². The molecule has 0 saturated carbocycles. The number of alkyl halides is 2. The number of hydrogen-bond donors (Lipinski definition) is 0. The number of nitrogens with zero attached hydrogens (tertiary/aromatic N) is 1. The molecule has 0 aromatic heterocycles. The van der Waals surface area contributed by atoms with Gasteiger partial charge in [-0.05, 0) is 53.7 Å². The summed E-state index contributed by atoms with van der Waals surface area (Å²) >= 11 is 0. The summed E-state index contributed by atoms with van der Waals surface area (Å²) < 4.78 is 42.6. The Bertz CT molecular complexity index is 760. The van der Waals surface area contributed by atoms with E-state index < -0.39 is 46.4 Å². The van der Waals surface area contributed by atoms with Crippen molar-refractivity contribution in [1.82, 2.24) is 0 Å². The number of imide groups is 1. The SMILES string of the molecule is COC(=O)c1cc(C(C)(F)F)ccc1N(C(=O)OC(C)(C)C)C(=O)OC(C)(C)C. The number of anilines is 1. The molecule has 0 atom stereocenters. The number of carbonyl (C=O) groups is 3. The molecule has 7 nitrogen and oxygen atoms in total. The summed E-state index contributed by atoms with van der Waals surface area (Å²) in [6.07, 6.45) is -2.26. The van der Waals surface area contributed by atoms with Crippen LogP contribution in [0.1, 0.15) is 64.4 Å². The van der Waals surface area contributed by atoms with Gasteiger partial charge in [-0.25, -0.2) is 23.2 Å². The number of methoxy groups -OCH3 is 1. The maximum atomic E-state index is 13.7. The predicted molar refractivity (Wildman–Crippen MR) is 102 cm³/mol. The van der Waals surface area contributed by atoms with Gasteiger partial charge in [-0.15, -0.1) is 0 Å². The molecule has 0 aliphatic rings. The highest BCUT2D eigenvalue weighted by Crippen LogP contribution is 2.33. The van der Waals surface area contributed by atoms with Crippen LogP contribution in [0.3, 0.4) is 0 Å². The summed E-state index contributed by atoms with van der Waals surface area (Å²) in [5, 5.41) is 0. The van der Waals surface area contributed by atoms with Crippen molar-refractivity contribution in [3.63, 3.8) is 0 Å². The number of benzene rings is 1. The molecular formula is C20H27F2NO6. The molecule has 1 rings (SSSR count). The fraction of sp³-hybridized carbons (Fsp3) is 0.550. The number of hydrogen-bond acceptors (Lipinski definition) is 6. The smallest absolute Gasteiger partial charge is 0.424 e. The van der Waals surface area contributed by atoms with Crippen LogP contribution in [0.2, 0.25) is 0 Å². The lowest BCUT2D eigenvalue weighted by atomic mass is 10.0. The third-order valence-electron chi connectivity index (χ3n) is 3.30. The number of amides is 2. The van der Waals surface area contributed by atoms with Crippen LogP contribution in [-0.4, -0.2) is 36.5 Å². The summed E-state index contributed by atoms with van der Waals surface area (Å²) in [5.41, 5.74) is -3.15. The van der Waals surface area contributed by atoms with Gasteiger partial charge in [0.25, 0.3) is 5.92 Å². The van der Waals surface area contributed by atoms with Crippen molar-refractivity contribution in [2.75, 3.05) is 12.0 Å². The Kier molecular flexibility index (Phi) is 7.00. The van der Waals surface area contributed by atoms with E-state index in [0.29, 0.717) is 11.8 Å². The molecule has 0 saturated heterocycles. The van der Waals surface area contributed by atoms with Crippen molar-refractivity contribution in [3.05, 3.63) is 29.3 Å². The molecule has 1 aromatic rings. The van der Waals surface area contributed by atoms with Gasteiger partial charge in [-0.2, -0.15) is 4.90 Å². The summed E-state index contributed by atoms with van der Waals surface area (Å²) in [5.74, 6) is -4.27. The van der Waals surface area contributed by atoms with Crippen molar-refractivity contribution in [2.24, 2.45) is 0 Å². The Hall–Kier alpha value is -2.71. The minimum Gasteiger partial charge on any atom is -0.465 e. The third-order valence-corrected chi connectivity index (χ3v) is 3.30. The number of ether oxygens (including phenoxy) is 3. The van der Waals surface area contributed by atoms with Crippen LogP contribution in [0.15, 0.2) is 18.2 Å². The number of esters is 1. The van der Waals surface area contributed by atoms with E-state index in [-0.39, 0.29) is 5.69 Å². The second-order valence-corrected chi connectivity index (χ2v) is 8.41. The average Bonchev–Trinajstić information content (AvgIpc) is 2.50. The molecule has 162 valence electrons. The maximum Gasteiger partial charge on any atom is 0.424 e. The first kappa shape index (κ1) is 24.3. The fourth-order valence-corrected chi connectivity index (χ4v) is 2.16. The second-order valence-electron chi connectivity index (χ2n) is 8.41. The van der Waals surface area contributed by atoms with Crippen LogP contribution in [0.5, 0.6) is 0 Å². The summed E-state index contributed by atoms with van der Waals surface area (Å²) in [7, 11) is 1.05. The van der Waals surface area contributed by atoms with E-state index in [4.69, 9.17) is 9.47 Å². The van der Waals surface area contributed by atoms with Crippen LogP contribution in [0, 0.1) is 0 Å². The van der Waals surface area contributed by atoms with E-state index in [0.717, 1.165) is 25.3 Å². The Balaban J connectivity index is 3.64. The normalized spacial score (nSPS) is 12.2. The van der Waals surface area contributed by atoms with Gasteiger partial charge in [-0.1, -0.05) is 6.07 Å². The molecule has 0 aliphatic heterocycles. The van der Waals surface area contributed by atoms with Crippen LogP contribution < -0.4 is 4.90 Å². The van der Waals surface area contributed by atoms with Crippen LogP contribution in [0.4, 0.5) is 24.1 Å². The highest BCUT2D eigenvalue weighted by atomic mass is 19.3. The molecule has 0 heterocycles. The Morgan fingerprint density at radius 3 is 1.66 bits per heavy atom. The molecule has 0 N–H and O–H groups in total. The first-order valence-corrected chi connectivity index (χ1v) is 8.83. The Morgan fingerprint density at radius 1 is 0.862 bits per heavy atom. The van der Waals surface area contributed by atoms with E-state index in [1.54, 1.807) is 41.5 Å². The van der Waals surface area contributed by atoms with E-state index in [1.165, 1.54) is 0 Å². The average molecular weight is 415 g/mol. The molecular weight excluding hydrogens is 388 g/mol. The van der Waals surface area contributed by atoms with Crippen molar-refractivity contribution >= 4 is 23.8 Å². The standard InChI is InChI=1S/C20H27F2NO6/c1-18(2,3)28-16(25)23(17(26)29-19(4,5)6)14-10-9-12(20(7,21)22)11-13(14)15(24)27-8/h9-11H,1-8H3. The summed E-state index contributed by atoms with van der Waals surface area (Å²) in [6.45, 7) is 10.2. The molecule has 0 fully saturated rings. The van der Waals surface area contributed by atoms with Crippen LogP contribution in [-0.2, 0) is 20.1 Å². The summed E-state index contributed by atoms with van der Waals surface area (Å²) in [6, 6.07) is 2.92. The first-order valence-electron chi connectivity index (χ1n) is 8.83. The van der Waals surface area contributed by atoms with Crippen LogP contribution in [0.25, 0.3) is 0 Å². The van der Waals surface area contributed by atoms with Gasteiger partial charge < -0.3 is 14.2 Å². The van der Waals surface area contributed by atoms with Gasteiger partial charge in [-0.3, -0.25) is 0 Å². The highest BCUT2D eigenvalue weighted by Gasteiger charge is 2.36. The van der Waals surface area contributed by atoms with Crippen molar-refractivity contribution in [2.45, 2.75) is 65.6 Å². The lowest BCUT2D eigenvalue weighted by Crippen LogP contribution is -2.44. The first-order chi connectivity index (χ1) is 13.0. The zero-order valence-corrected chi connectivity index (χ0v) is 17.9. The number of carbonyl (C=O) groups excluding carboxylic acids is 3. The van der Waals surface area contributed by atoms with E-state index in [2.05, 4.69) is 4.74 Å². The summed E-state index contributed by atoms with van der Waals surface area (Å²) in [4.78, 5) is 38.2. The van der Waals surface area contributed by atoms with Gasteiger partial charge >= 0.3 is 18.2 Å². The van der Waals surface area contributed by atoms with Gasteiger partial charge in [0, 0.05) is 12.5 Å². The molecule has 0 radical (unpaired) electrons. The van der Waals surface area contributed by atoms with Crippen molar-refractivity contribution < 1.29 is 37.4 Å². The van der Waals surface area contributed by atoms with Crippen LogP contribution >= 0.6 is 0 Å². The molecule has 2 amide bonds. The zero-order valence-electron chi connectivity index (χ0n) is 17.9. The number of halogens is 2. The number of rotatable bonds is 3. The minimum atomic E-state index is -3.26. The largest absolute Gasteiger partial charge is 0.465 e. The van der Waals surface area contributed by atoms with Crippen molar-refractivity contribution in [3.8, 4) is 0 Å². The quantitative estimate of drug-likeness (QED) is 0.495. The van der Waals surface area contributed by atoms with E-state index in [9.17, 15) is 23.2 Å². The molecule has 1 aromatic carbocycles. The van der Waals surface area contributed by atoms with Gasteiger partial charge in [0.1, 0.15) is 11.2 Å². The molecule has 0 spiro atoms. The lowest BCUT2D eigenvalue weighted by Gasteiger charge is -2.29. The molecule has 0 unspecified atom stereocenters. The highest BCUT2D eigenvalue weighted by molar-refractivity contribution is 6.13.